The van der Waals surface area contributed by atoms with Gasteiger partial charge in [-0.1, -0.05) is 17.7 Å². The van der Waals surface area contributed by atoms with Crippen LogP contribution in [-0.2, 0) is 11.3 Å². The summed E-state index contributed by atoms with van der Waals surface area (Å²) < 4.78 is 5.11. The average molecular weight is 281 g/mol. The van der Waals surface area contributed by atoms with Crippen LogP contribution in [0.5, 0.6) is 0 Å². The topological polar surface area (TPSA) is 78.1 Å². The predicted molar refractivity (Wildman–Crippen MR) is 79.1 cm³/mol. The van der Waals surface area contributed by atoms with Crippen molar-refractivity contribution in [3.8, 4) is 6.07 Å². The molecule has 0 bridgehead atoms. The number of nitrogens with zero attached hydrogens (tertiary/aromatic N) is 1. The van der Waals surface area contributed by atoms with Gasteiger partial charge in [-0.2, -0.15) is 5.26 Å². The summed E-state index contributed by atoms with van der Waals surface area (Å²) in [7, 11) is 0. The number of nitriles is 1. The minimum absolute atomic E-state index is 0.00197. The second-order valence-corrected chi connectivity index (χ2v) is 4.44. The minimum Gasteiger partial charge on any atom is -0.467 e. The van der Waals surface area contributed by atoms with Gasteiger partial charge in [-0.3, -0.25) is 4.79 Å². The van der Waals surface area contributed by atoms with Crippen LogP contribution in [0, 0.1) is 18.3 Å². The normalized spacial score (nSPS) is 10.8. The second kappa shape index (κ2) is 6.96. The van der Waals surface area contributed by atoms with Crippen LogP contribution in [0.4, 0.5) is 5.69 Å². The maximum absolute atomic E-state index is 11.9. The number of anilines is 1. The van der Waals surface area contributed by atoms with Gasteiger partial charge in [0.1, 0.15) is 17.4 Å². The van der Waals surface area contributed by atoms with E-state index in [0.29, 0.717) is 5.76 Å². The van der Waals surface area contributed by atoms with Crippen LogP contribution >= 0.6 is 0 Å². The highest BCUT2D eigenvalue weighted by Gasteiger charge is 2.09. The summed E-state index contributed by atoms with van der Waals surface area (Å²) in [6.45, 7) is 2.23. The molecule has 1 aromatic heterocycles. The molecule has 1 aromatic carbocycles. The van der Waals surface area contributed by atoms with Crippen molar-refractivity contribution >= 4 is 11.6 Å². The van der Waals surface area contributed by atoms with E-state index >= 15 is 0 Å². The number of nitrogens with one attached hydrogen (secondary N) is 2. The van der Waals surface area contributed by atoms with Crippen LogP contribution in [0.15, 0.2) is 58.9 Å². The lowest BCUT2D eigenvalue weighted by Gasteiger charge is -2.04. The summed E-state index contributed by atoms with van der Waals surface area (Å²) >= 11 is 0. The fraction of sp³-hybridized carbons (Fsp3) is 0.125. The maximum atomic E-state index is 11.9. The number of carbonyl (C=O) groups is 1. The Balaban J connectivity index is 1.94. The fourth-order valence-corrected chi connectivity index (χ4v) is 1.63. The lowest BCUT2D eigenvalue weighted by atomic mass is 10.2. The van der Waals surface area contributed by atoms with E-state index in [1.54, 1.807) is 12.1 Å². The number of furan rings is 1. The molecule has 5 nitrogen and oxygen atoms in total. The number of rotatable bonds is 5. The highest BCUT2D eigenvalue weighted by atomic mass is 16.3. The lowest BCUT2D eigenvalue weighted by Crippen LogP contribution is -2.24. The monoisotopic (exact) mass is 281 g/mol. The average Bonchev–Trinajstić information content (AvgIpc) is 3.01. The van der Waals surface area contributed by atoms with Crippen molar-refractivity contribution in [3.05, 3.63) is 65.8 Å². The standard InChI is InChI=1S/C16H15N3O2/c1-12-4-6-14(7-5-12)18-10-13(9-17)16(20)19-11-15-3-2-8-21-15/h2-8,10,18H,11H2,1H3,(H,19,20)/b13-10+. The van der Waals surface area contributed by atoms with Gasteiger partial charge in [0.15, 0.2) is 0 Å². The Morgan fingerprint density at radius 1 is 1.33 bits per heavy atom. The van der Waals surface area contributed by atoms with E-state index in [1.807, 2.05) is 37.3 Å². The second-order valence-electron chi connectivity index (χ2n) is 4.44. The lowest BCUT2D eigenvalue weighted by molar-refractivity contribution is -0.117. The van der Waals surface area contributed by atoms with Crippen molar-refractivity contribution in [3.63, 3.8) is 0 Å². The molecule has 0 saturated heterocycles. The first-order valence-electron chi connectivity index (χ1n) is 6.43. The van der Waals surface area contributed by atoms with Gasteiger partial charge >= 0.3 is 0 Å². The Morgan fingerprint density at radius 3 is 2.71 bits per heavy atom. The molecule has 0 aliphatic carbocycles. The quantitative estimate of drug-likeness (QED) is 0.652. The van der Waals surface area contributed by atoms with E-state index < -0.39 is 5.91 Å². The molecule has 0 aliphatic heterocycles. The van der Waals surface area contributed by atoms with Crippen LogP contribution in [0.3, 0.4) is 0 Å². The first kappa shape index (κ1) is 14.4. The van der Waals surface area contributed by atoms with Gasteiger partial charge in [0.25, 0.3) is 5.91 Å². The molecule has 2 rings (SSSR count). The van der Waals surface area contributed by atoms with Gasteiger partial charge < -0.3 is 15.1 Å². The summed E-state index contributed by atoms with van der Waals surface area (Å²) in [5, 5.41) is 14.6. The zero-order valence-electron chi connectivity index (χ0n) is 11.6. The Hall–Kier alpha value is -3.00. The highest BCUT2D eigenvalue weighted by Crippen LogP contribution is 2.09. The van der Waals surface area contributed by atoms with Gasteiger partial charge in [-0.05, 0) is 31.2 Å². The number of hydrogen-bond acceptors (Lipinski definition) is 4. The van der Waals surface area contributed by atoms with Crippen LogP contribution in [0.1, 0.15) is 11.3 Å². The molecule has 1 heterocycles. The van der Waals surface area contributed by atoms with Crippen molar-refractivity contribution in [1.29, 1.82) is 5.26 Å². The Kier molecular flexibility index (Phi) is 4.78. The molecule has 1 amide bonds. The number of carbonyl (C=O) groups excluding carboxylic acids is 1. The predicted octanol–water partition coefficient (Wildman–Crippen LogP) is 2.72. The molecule has 21 heavy (non-hydrogen) atoms. The van der Waals surface area contributed by atoms with Crippen LogP contribution in [-0.4, -0.2) is 5.91 Å². The van der Waals surface area contributed by atoms with Crippen molar-refractivity contribution < 1.29 is 9.21 Å². The number of aryl methyl sites for hydroxylation is 1. The van der Waals surface area contributed by atoms with E-state index in [0.717, 1.165) is 11.3 Å². The maximum Gasteiger partial charge on any atom is 0.263 e. The Bertz CT molecular complexity index is 665. The third-order valence-electron chi connectivity index (χ3n) is 2.80. The number of benzene rings is 1. The van der Waals surface area contributed by atoms with E-state index in [2.05, 4.69) is 10.6 Å². The summed E-state index contributed by atoms with van der Waals surface area (Å²) in [5.41, 5.74) is 1.95. The van der Waals surface area contributed by atoms with E-state index in [9.17, 15) is 4.79 Å². The smallest absolute Gasteiger partial charge is 0.263 e. The minimum atomic E-state index is -0.450. The number of hydrogen-bond donors (Lipinski definition) is 2. The van der Waals surface area contributed by atoms with Gasteiger partial charge in [0, 0.05) is 11.9 Å². The van der Waals surface area contributed by atoms with E-state index in [1.165, 1.54) is 12.5 Å². The van der Waals surface area contributed by atoms with Crippen LogP contribution in [0.2, 0.25) is 0 Å². The van der Waals surface area contributed by atoms with Gasteiger partial charge in [-0.25, -0.2) is 0 Å². The Morgan fingerprint density at radius 2 is 2.10 bits per heavy atom. The largest absolute Gasteiger partial charge is 0.467 e. The molecule has 0 aliphatic rings. The molecule has 0 atom stereocenters. The number of amides is 1. The molecular formula is C16H15N3O2. The summed E-state index contributed by atoms with van der Waals surface area (Å²) in [6.07, 6.45) is 2.92. The van der Waals surface area contributed by atoms with Crippen molar-refractivity contribution in [2.75, 3.05) is 5.32 Å². The third kappa shape index (κ3) is 4.25. The van der Waals surface area contributed by atoms with Crippen molar-refractivity contribution in [1.82, 2.24) is 5.32 Å². The molecule has 0 fully saturated rings. The van der Waals surface area contributed by atoms with Crippen LogP contribution < -0.4 is 10.6 Å². The molecule has 106 valence electrons. The van der Waals surface area contributed by atoms with Crippen molar-refractivity contribution in [2.24, 2.45) is 0 Å². The van der Waals surface area contributed by atoms with E-state index in [-0.39, 0.29) is 12.1 Å². The zero-order chi connectivity index (χ0) is 15.1. The molecule has 5 heteroatoms. The van der Waals surface area contributed by atoms with Gasteiger partial charge in [0.2, 0.25) is 0 Å². The SMILES string of the molecule is Cc1ccc(N/C=C(\C#N)C(=O)NCc2ccco2)cc1. The molecular weight excluding hydrogens is 266 g/mol. The molecule has 0 unspecified atom stereocenters. The summed E-state index contributed by atoms with van der Waals surface area (Å²) in [6, 6.07) is 13.0. The first-order valence-corrected chi connectivity index (χ1v) is 6.43. The Labute approximate surface area is 122 Å². The first-order chi connectivity index (χ1) is 10.2. The molecule has 0 saturated carbocycles. The van der Waals surface area contributed by atoms with E-state index in [4.69, 9.17) is 9.68 Å². The van der Waals surface area contributed by atoms with Gasteiger partial charge in [0.05, 0.1) is 12.8 Å². The van der Waals surface area contributed by atoms with Gasteiger partial charge in [-0.15, -0.1) is 0 Å². The van der Waals surface area contributed by atoms with Crippen LogP contribution in [0.25, 0.3) is 0 Å². The third-order valence-corrected chi connectivity index (χ3v) is 2.80. The summed E-state index contributed by atoms with van der Waals surface area (Å²) in [5.74, 6) is 0.181. The summed E-state index contributed by atoms with van der Waals surface area (Å²) in [4.78, 5) is 11.9. The fourth-order valence-electron chi connectivity index (χ4n) is 1.63. The molecule has 2 aromatic rings. The zero-order valence-corrected chi connectivity index (χ0v) is 11.6. The highest BCUT2D eigenvalue weighted by molar-refractivity contribution is 5.97. The molecule has 2 N–H and O–H groups in total. The van der Waals surface area contributed by atoms with Crippen molar-refractivity contribution in [2.45, 2.75) is 13.5 Å². The molecule has 0 radical (unpaired) electrons. The molecule has 0 spiro atoms.